The van der Waals surface area contributed by atoms with Gasteiger partial charge in [-0.25, -0.2) is 4.98 Å². The standard InChI is InChI=1S/C17H20F3N5O/c1-3-21-16-24-11(2)10-14(25-16)22-8-9-23-15(26)12-4-6-13(7-5-12)17(18,19)20/h4-7,10H,3,8-9H2,1-2H3,(H,23,26)(H2,21,22,24,25). The van der Waals surface area contributed by atoms with E-state index in [0.29, 0.717) is 31.4 Å². The quantitative estimate of drug-likeness (QED) is 0.656. The summed E-state index contributed by atoms with van der Waals surface area (Å²) in [6, 6.07) is 5.86. The third-order valence-electron chi connectivity index (χ3n) is 3.38. The first kappa shape index (κ1) is 19.5. The van der Waals surface area contributed by atoms with Crippen LogP contribution < -0.4 is 16.0 Å². The molecule has 0 saturated carbocycles. The molecule has 1 aromatic heterocycles. The summed E-state index contributed by atoms with van der Waals surface area (Å²) in [6.45, 7) is 5.19. The topological polar surface area (TPSA) is 78.9 Å². The lowest BCUT2D eigenvalue weighted by Crippen LogP contribution is -2.29. The van der Waals surface area contributed by atoms with Crippen LogP contribution in [-0.2, 0) is 6.18 Å². The van der Waals surface area contributed by atoms with Gasteiger partial charge >= 0.3 is 6.18 Å². The second-order valence-electron chi connectivity index (χ2n) is 5.51. The van der Waals surface area contributed by atoms with Crippen molar-refractivity contribution in [2.45, 2.75) is 20.0 Å². The van der Waals surface area contributed by atoms with Crippen LogP contribution in [-0.4, -0.2) is 35.5 Å². The van der Waals surface area contributed by atoms with Crippen molar-refractivity contribution in [2.24, 2.45) is 0 Å². The van der Waals surface area contributed by atoms with Crippen molar-refractivity contribution in [2.75, 3.05) is 30.3 Å². The van der Waals surface area contributed by atoms with Gasteiger partial charge in [-0.05, 0) is 38.1 Å². The number of carbonyl (C=O) groups is 1. The van der Waals surface area contributed by atoms with E-state index < -0.39 is 17.6 Å². The van der Waals surface area contributed by atoms with Crippen molar-refractivity contribution in [3.63, 3.8) is 0 Å². The SMILES string of the molecule is CCNc1nc(C)cc(NCCNC(=O)c2ccc(C(F)(F)F)cc2)n1. The number of nitrogens with one attached hydrogen (secondary N) is 3. The lowest BCUT2D eigenvalue weighted by molar-refractivity contribution is -0.137. The Labute approximate surface area is 149 Å². The Hall–Kier alpha value is -2.84. The highest BCUT2D eigenvalue weighted by Crippen LogP contribution is 2.29. The van der Waals surface area contributed by atoms with E-state index >= 15 is 0 Å². The highest BCUT2D eigenvalue weighted by atomic mass is 19.4. The Morgan fingerprint density at radius 1 is 1.08 bits per heavy atom. The van der Waals surface area contributed by atoms with E-state index in [1.54, 1.807) is 6.07 Å². The van der Waals surface area contributed by atoms with E-state index in [4.69, 9.17) is 0 Å². The molecule has 1 heterocycles. The first-order valence-electron chi connectivity index (χ1n) is 8.08. The molecule has 26 heavy (non-hydrogen) atoms. The molecule has 6 nitrogen and oxygen atoms in total. The summed E-state index contributed by atoms with van der Waals surface area (Å²) < 4.78 is 37.5. The third-order valence-corrected chi connectivity index (χ3v) is 3.38. The van der Waals surface area contributed by atoms with Crippen molar-refractivity contribution >= 4 is 17.7 Å². The van der Waals surface area contributed by atoms with Crippen LogP contribution in [0, 0.1) is 6.92 Å². The summed E-state index contributed by atoms with van der Waals surface area (Å²) in [7, 11) is 0. The van der Waals surface area contributed by atoms with Crippen molar-refractivity contribution in [3.8, 4) is 0 Å². The zero-order valence-corrected chi connectivity index (χ0v) is 14.4. The van der Waals surface area contributed by atoms with Crippen LogP contribution in [0.25, 0.3) is 0 Å². The van der Waals surface area contributed by atoms with E-state index in [9.17, 15) is 18.0 Å². The smallest absolute Gasteiger partial charge is 0.368 e. The number of rotatable bonds is 7. The summed E-state index contributed by atoms with van der Waals surface area (Å²) >= 11 is 0. The van der Waals surface area contributed by atoms with E-state index in [1.807, 2.05) is 13.8 Å². The minimum Gasteiger partial charge on any atom is -0.368 e. The molecule has 1 amide bonds. The van der Waals surface area contributed by atoms with Gasteiger partial charge in [0.1, 0.15) is 5.82 Å². The fraction of sp³-hybridized carbons (Fsp3) is 0.353. The van der Waals surface area contributed by atoms with Crippen molar-refractivity contribution in [1.29, 1.82) is 0 Å². The number of benzene rings is 1. The van der Waals surface area contributed by atoms with Gasteiger partial charge in [0.05, 0.1) is 5.56 Å². The molecule has 2 aromatic rings. The Bertz CT molecular complexity index is 747. The van der Waals surface area contributed by atoms with Gasteiger partial charge in [0.15, 0.2) is 0 Å². The molecule has 0 unspecified atom stereocenters. The zero-order chi connectivity index (χ0) is 19.2. The number of aryl methyl sites for hydroxylation is 1. The van der Waals surface area contributed by atoms with E-state index in [2.05, 4.69) is 25.9 Å². The lowest BCUT2D eigenvalue weighted by atomic mass is 10.1. The predicted molar refractivity (Wildman–Crippen MR) is 93.2 cm³/mol. The summed E-state index contributed by atoms with van der Waals surface area (Å²) in [5.41, 5.74) is 0.184. The monoisotopic (exact) mass is 367 g/mol. The lowest BCUT2D eigenvalue weighted by Gasteiger charge is -2.10. The van der Waals surface area contributed by atoms with Gasteiger partial charge < -0.3 is 16.0 Å². The second-order valence-corrected chi connectivity index (χ2v) is 5.51. The molecule has 0 atom stereocenters. The Kier molecular flexibility index (Phi) is 6.37. The second kappa shape index (κ2) is 8.50. The largest absolute Gasteiger partial charge is 0.416 e. The molecule has 1 aromatic carbocycles. The molecular formula is C17H20F3N5O. The van der Waals surface area contributed by atoms with Crippen LogP contribution in [0.2, 0.25) is 0 Å². The molecule has 9 heteroatoms. The van der Waals surface area contributed by atoms with E-state index in [0.717, 1.165) is 30.0 Å². The number of carbonyl (C=O) groups excluding carboxylic acids is 1. The van der Waals surface area contributed by atoms with Crippen LogP contribution in [0.15, 0.2) is 30.3 Å². The van der Waals surface area contributed by atoms with Crippen LogP contribution in [0.4, 0.5) is 24.9 Å². The Morgan fingerprint density at radius 2 is 1.77 bits per heavy atom. The number of hydrogen-bond donors (Lipinski definition) is 3. The minimum atomic E-state index is -4.42. The van der Waals surface area contributed by atoms with Crippen LogP contribution >= 0.6 is 0 Å². The van der Waals surface area contributed by atoms with Crippen LogP contribution in [0.1, 0.15) is 28.5 Å². The highest BCUT2D eigenvalue weighted by molar-refractivity contribution is 5.94. The Morgan fingerprint density at radius 3 is 2.38 bits per heavy atom. The summed E-state index contributed by atoms with van der Waals surface area (Å²) in [4.78, 5) is 20.5. The molecule has 0 fully saturated rings. The molecular weight excluding hydrogens is 347 g/mol. The number of aromatic nitrogens is 2. The summed E-state index contributed by atoms with van der Waals surface area (Å²) in [5.74, 6) is 0.703. The average Bonchev–Trinajstić information content (AvgIpc) is 2.58. The molecule has 0 aliphatic carbocycles. The van der Waals surface area contributed by atoms with E-state index in [1.165, 1.54) is 0 Å². The number of hydrogen-bond acceptors (Lipinski definition) is 5. The number of amides is 1. The predicted octanol–water partition coefficient (Wildman–Crippen LogP) is 3.08. The maximum atomic E-state index is 12.5. The molecule has 0 aliphatic rings. The number of halogens is 3. The molecule has 0 radical (unpaired) electrons. The summed E-state index contributed by atoms with van der Waals surface area (Å²) in [6.07, 6.45) is -4.42. The van der Waals surface area contributed by atoms with Gasteiger partial charge in [-0.2, -0.15) is 18.2 Å². The molecule has 0 aliphatic heterocycles. The minimum absolute atomic E-state index is 0.172. The maximum absolute atomic E-state index is 12.5. The van der Waals surface area contributed by atoms with Gasteiger partial charge in [-0.1, -0.05) is 0 Å². The first-order valence-corrected chi connectivity index (χ1v) is 8.08. The van der Waals surface area contributed by atoms with E-state index in [-0.39, 0.29) is 5.56 Å². The number of nitrogens with zero attached hydrogens (tertiary/aromatic N) is 2. The van der Waals surface area contributed by atoms with Gasteiger partial charge in [0.2, 0.25) is 5.95 Å². The van der Waals surface area contributed by atoms with Crippen molar-refractivity contribution in [3.05, 3.63) is 47.2 Å². The molecule has 0 bridgehead atoms. The number of anilines is 2. The molecule has 0 spiro atoms. The van der Waals surface area contributed by atoms with Gasteiger partial charge in [-0.15, -0.1) is 0 Å². The normalized spacial score (nSPS) is 11.1. The highest BCUT2D eigenvalue weighted by Gasteiger charge is 2.30. The fourth-order valence-corrected chi connectivity index (χ4v) is 2.18. The number of alkyl halides is 3. The van der Waals surface area contributed by atoms with Gasteiger partial charge in [-0.3, -0.25) is 4.79 Å². The van der Waals surface area contributed by atoms with Crippen LogP contribution in [0.5, 0.6) is 0 Å². The maximum Gasteiger partial charge on any atom is 0.416 e. The van der Waals surface area contributed by atoms with Gasteiger partial charge in [0.25, 0.3) is 5.91 Å². The van der Waals surface area contributed by atoms with Crippen molar-refractivity contribution < 1.29 is 18.0 Å². The molecule has 0 saturated heterocycles. The fourth-order valence-electron chi connectivity index (χ4n) is 2.18. The first-order chi connectivity index (χ1) is 12.3. The average molecular weight is 367 g/mol. The Balaban J connectivity index is 1.83. The molecule has 140 valence electrons. The van der Waals surface area contributed by atoms with Gasteiger partial charge in [0, 0.05) is 37.0 Å². The third kappa shape index (κ3) is 5.61. The molecule has 2 rings (SSSR count). The van der Waals surface area contributed by atoms with Crippen LogP contribution in [0.3, 0.4) is 0 Å². The molecule has 3 N–H and O–H groups in total. The van der Waals surface area contributed by atoms with Crippen molar-refractivity contribution in [1.82, 2.24) is 15.3 Å². The summed E-state index contributed by atoms with van der Waals surface area (Å²) in [5, 5.41) is 8.73. The zero-order valence-electron chi connectivity index (χ0n) is 14.4.